The van der Waals surface area contributed by atoms with E-state index in [1.807, 2.05) is 0 Å². The molecule has 0 radical (unpaired) electrons. The third kappa shape index (κ3) is 2.98. The van der Waals surface area contributed by atoms with Crippen molar-refractivity contribution in [2.24, 2.45) is 5.92 Å². The summed E-state index contributed by atoms with van der Waals surface area (Å²) in [5.41, 5.74) is 0. The van der Waals surface area contributed by atoms with E-state index < -0.39 is 51.2 Å². The number of amides is 1. The molecule has 1 heterocycles. The number of nitrogens with zero attached hydrogens (tertiary/aromatic N) is 1. The molecule has 2 aliphatic rings. The van der Waals surface area contributed by atoms with Crippen LogP contribution in [0, 0.1) is 11.7 Å². The van der Waals surface area contributed by atoms with Crippen LogP contribution in [0.25, 0.3) is 0 Å². The average Bonchev–Trinajstić information content (AvgIpc) is 2.52. The Labute approximate surface area is 143 Å². The van der Waals surface area contributed by atoms with Crippen LogP contribution < -0.4 is 0 Å². The lowest BCUT2D eigenvalue weighted by atomic mass is 9.68. The molecule has 1 aromatic carbocycles. The molecule has 1 saturated carbocycles. The van der Waals surface area contributed by atoms with Gasteiger partial charge < -0.3 is 10.0 Å². The van der Waals surface area contributed by atoms with Gasteiger partial charge in [-0.15, -0.1) is 0 Å². The van der Waals surface area contributed by atoms with Crippen molar-refractivity contribution >= 4 is 15.9 Å². The first kappa shape index (κ1) is 18.0. The SMILES string of the molecule is O=C(O)N1CCC(C2(S(=O)(=O)c3cccc(F)c3)CC(F)(F)C2)CC1. The zero-order chi connectivity index (χ0) is 18.5. The summed E-state index contributed by atoms with van der Waals surface area (Å²) >= 11 is 0. The van der Waals surface area contributed by atoms with E-state index in [1.54, 1.807) is 0 Å². The number of carbonyl (C=O) groups is 1. The number of sulfone groups is 1. The number of hydrogen-bond acceptors (Lipinski definition) is 3. The molecule has 3 rings (SSSR count). The van der Waals surface area contributed by atoms with Gasteiger partial charge in [0.05, 0.1) is 9.64 Å². The summed E-state index contributed by atoms with van der Waals surface area (Å²) in [6.45, 7) is 0.206. The first-order chi connectivity index (χ1) is 11.6. The molecule has 1 saturated heterocycles. The molecule has 5 nitrogen and oxygen atoms in total. The van der Waals surface area contributed by atoms with Crippen LogP contribution in [-0.2, 0) is 9.84 Å². The van der Waals surface area contributed by atoms with Gasteiger partial charge in [-0.1, -0.05) is 6.07 Å². The lowest BCUT2D eigenvalue weighted by Gasteiger charge is -2.52. The average molecular weight is 377 g/mol. The highest BCUT2D eigenvalue weighted by atomic mass is 32.2. The van der Waals surface area contributed by atoms with E-state index in [2.05, 4.69) is 0 Å². The number of alkyl halides is 2. The maximum absolute atomic E-state index is 13.7. The van der Waals surface area contributed by atoms with Gasteiger partial charge in [0, 0.05) is 25.9 Å². The van der Waals surface area contributed by atoms with Crippen molar-refractivity contribution < 1.29 is 31.5 Å². The van der Waals surface area contributed by atoms with Crippen molar-refractivity contribution in [3.63, 3.8) is 0 Å². The number of carboxylic acid groups (broad SMARTS) is 1. The predicted molar refractivity (Wildman–Crippen MR) is 82.8 cm³/mol. The quantitative estimate of drug-likeness (QED) is 0.878. The van der Waals surface area contributed by atoms with E-state index >= 15 is 0 Å². The molecule has 9 heteroatoms. The second-order valence-electron chi connectivity index (χ2n) is 6.78. The molecular formula is C16H18F3NO4S. The smallest absolute Gasteiger partial charge is 0.407 e. The first-order valence-corrected chi connectivity index (χ1v) is 9.42. The predicted octanol–water partition coefficient (Wildman–Crippen LogP) is 3.16. The molecule has 1 aliphatic carbocycles. The summed E-state index contributed by atoms with van der Waals surface area (Å²) in [5, 5.41) is 9.00. The fraction of sp³-hybridized carbons (Fsp3) is 0.562. The maximum atomic E-state index is 13.7. The standard InChI is InChI=1S/C16H18F3NO4S/c17-12-2-1-3-13(8-12)25(23,24)15(9-16(18,19)10-15)11-4-6-20(7-5-11)14(21)22/h1-3,8,11H,4-7,9-10H2,(H,21,22). The van der Waals surface area contributed by atoms with Gasteiger partial charge in [0.2, 0.25) is 0 Å². The van der Waals surface area contributed by atoms with Gasteiger partial charge in [-0.05, 0) is 37.0 Å². The Kier molecular flexibility index (Phi) is 4.25. The van der Waals surface area contributed by atoms with Gasteiger partial charge in [-0.25, -0.2) is 26.4 Å². The van der Waals surface area contributed by atoms with Crippen LogP contribution in [0.15, 0.2) is 29.2 Å². The fourth-order valence-corrected chi connectivity index (χ4v) is 6.46. The fourth-order valence-electron chi connectivity index (χ4n) is 3.99. The number of piperidine rings is 1. The van der Waals surface area contributed by atoms with Gasteiger partial charge in [-0.3, -0.25) is 0 Å². The first-order valence-electron chi connectivity index (χ1n) is 7.93. The summed E-state index contributed by atoms with van der Waals surface area (Å²) in [6.07, 6.45) is -2.35. The Morgan fingerprint density at radius 1 is 1.20 bits per heavy atom. The zero-order valence-corrected chi connectivity index (χ0v) is 14.1. The third-order valence-corrected chi connectivity index (χ3v) is 7.83. The largest absolute Gasteiger partial charge is 0.465 e. The van der Waals surface area contributed by atoms with E-state index in [-0.39, 0.29) is 30.8 Å². The maximum Gasteiger partial charge on any atom is 0.407 e. The molecule has 1 aromatic rings. The van der Waals surface area contributed by atoms with Crippen LogP contribution in [0.4, 0.5) is 18.0 Å². The van der Waals surface area contributed by atoms with E-state index in [0.717, 1.165) is 17.0 Å². The molecular weight excluding hydrogens is 359 g/mol. The minimum atomic E-state index is -4.18. The molecule has 0 spiro atoms. The van der Waals surface area contributed by atoms with Crippen LogP contribution in [-0.4, -0.2) is 48.3 Å². The Balaban J connectivity index is 1.94. The van der Waals surface area contributed by atoms with E-state index in [0.29, 0.717) is 0 Å². The normalized spacial score (nSPS) is 23.1. The highest BCUT2D eigenvalue weighted by molar-refractivity contribution is 7.93. The highest BCUT2D eigenvalue weighted by Gasteiger charge is 2.67. The van der Waals surface area contributed by atoms with Crippen molar-refractivity contribution in [3.8, 4) is 0 Å². The molecule has 2 fully saturated rings. The number of likely N-dealkylation sites (tertiary alicyclic amines) is 1. The van der Waals surface area contributed by atoms with Crippen molar-refractivity contribution in [2.45, 2.75) is 41.2 Å². The number of rotatable bonds is 3. The van der Waals surface area contributed by atoms with Gasteiger partial charge in [0.25, 0.3) is 5.92 Å². The molecule has 0 atom stereocenters. The summed E-state index contributed by atoms with van der Waals surface area (Å²) in [5.74, 6) is -4.41. The summed E-state index contributed by atoms with van der Waals surface area (Å²) in [7, 11) is -4.18. The second kappa shape index (κ2) is 5.89. The Morgan fingerprint density at radius 2 is 1.80 bits per heavy atom. The molecule has 1 amide bonds. The topological polar surface area (TPSA) is 74.7 Å². The number of hydrogen-bond donors (Lipinski definition) is 1. The van der Waals surface area contributed by atoms with Crippen LogP contribution in [0.5, 0.6) is 0 Å². The number of halogens is 3. The van der Waals surface area contributed by atoms with Gasteiger partial charge in [-0.2, -0.15) is 0 Å². The second-order valence-corrected chi connectivity index (χ2v) is 9.07. The Hall–Kier alpha value is -1.77. The van der Waals surface area contributed by atoms with Gasteiger partial charge >= 0.3 is 6.09 Å². The van der Waals surface area contributed by atoms with E-state index in [4.69, 9.17) is 5.11 Å². The minimum Gasteiger partial charge on any atom is -0.465 e. The third-order valence-electron chi connectivity index (χ3n) is 5.27. The molecule has 1 aliphatic heterocycles. The van der Waals surface area contributed by atoms with E-state index in [1.165, 1.54) is 12.1 Å². The molecule has 25 heavy (non-hydrogen) atoms. The minimum absolute atomic E-state index is 0.103. The Morgan fingerprint density at radius 3 is 2.28 bits per heavy atom. The lowest BCUT2D eigenvalue weighted by molar-refractivity contribution is -0.117. The summed E-state index contributed by atoms with van der Waals surface area (Å²) in [6, 6.07) is 4.38. The number of benzene rings is 1. The van der Waals surface area contributed by atoms with Crippen molar-refractivity contribution in [2.75, 3.05) is 13.1 Å². The van der Waals surface area contributed by atoms with Crippen molar-refractivity contribution in [1.29, 1.82) is 0 Å². The summed E-state index contributed by atoms with van der Waals surface area (Å²) in [4.78, 5) is 11.8. The zero-order valence-electron chi connectivity index (χ0n) is 13.3. The molecule has 0 aromatic heterocycles. The summed E-state index contributed by atoms with van der Waals surface area (Å²) < 4.78 is 65.3. The van der Waals surface area contributed by atoms with E-state index in [9.17, 15) is 26.4 Å². The molecule has 0 unspecified atom stereocenters. The Bertz CT molecular complexity index is 780. The van der Waals surface area contributed by atoms with Crippen LogP contribution >= 0.6 is 0 Å². The van der Waals surface area contributed by atoms with Crippen LogP contribution in [0.3, 0.4) is 0 Å². The molecule has 1 N–H and O–H groups in total. The van der Waals surface area contributed by atoms with Gasteiger partial charge in [0.15, 0.2) is 9.84 Å². The van der Waals surface area contributed by atoms with Crippen LogP contribution in [0.1, 0.15) is 25.7 Å². The highest BCUT2D eigenvalue weighted by Crippen LogP contribution is 2.58. The van der Waals surface area contributed by atoms with Gasteiger partial charge in [0.1, 0.15) is 5.82 Å². The molecule has 0 bridgehead atoms. The monoisotopic (exact) mass is 377 g/mol. The van der Waals surface area contributed by atoms with Crippen LogP contribution in [0.2, 0.25) is 0 Å². The lowest BCUT2D eigenvalue weighted by Crippen LogP contribution is -2.62. The molecule has 138 valence electrons. The van der Waals surface area contributed by atoms with Crippen molar-refractivity contribution in [1.82, 2.24) is 4.90 Å². The van der Waals surface area contributed by atoms with Crippen molar-refractivity contribution in [3.05, 3.63) is 30.1 Å².